The minimum absolute atomic E-state index is 0.122. The normalized spacial score (nSPS) is 22.1. The predicted molar refractivity (Wildman–Crippen MR) is 147 cm³/mol. The molecule has 11 heteroatoms. The number of hydrogen-bond acceptors (Lipinski definition) is 7. The van der Waals surface area contributed by atoms with E-state index >= 15 is 0 Å². The van der Waals surface area contributed by atoms with Crippen LogP contribution in [0.2, 0.25) is 0 Å². The van der Waals surface area contributed by atoms with Gasteiger partial charge in [-0.3, -0.25) is 9.69 Å². The Morgan fingerprint density at radius 1 is 1.18 bits per heavy atom. The molecule has 2 aliphatic heterocycles. The molecule has 1 aromatic carbocycles. The van der Waals surface area contributed by atoms with Crippen LogP contribution in [0.15, 0.2) is 23.1 Å². The summed E-state index contributed by atoms with van der Waals surface area (Å²) in [5.41, 5.74) is 0.627. The Morgan fingerprint density at radius 2 is 1.84 bits per heavy atom. The van der Waals surface area contributed by atoms with Gasteiger partial charge in [-0.05, 0) is 59.2 Å². The maximum atomic E-state index is 13.7. The number of ether oxygens (including phenoxy) is 2. The molecule has 0 saturated carbocycles. The van der Waals surface area contributed by atoms with Crippen molar-refractivity contribution in [3.63, 3.8) is 0 Å². The summed E-state index contributed by atoms with van der Waals surface area (Å²) in [4.78, 5) is 32.1. The summed E-state index contributed by atoms with van der Waals surface area (Å²) in [6, 6.07) is 4.42. The van der Waals surface area contributed by atoms with E-state index in [0.717, 1.165) is 5.56 Å². The zero-order valence-corrected chi connectivity index (χ0v) is 25.0. The molecule has 0 bridgehead atoms. The molecule has 2 amide bonds. The van der Waals surface area contributed by atoms with Crippen molar-refractivity contribution in [2.24, 2.45) is 0 Å². The van der Waals surface area contributed by atoms with Gasteiger partial charge in [0, 0.05) is 49.9 Å². The lowest BCUT2D eigenvalue weighted by Gasteiger charge is -2.45. The van der Waals surface area contributed by atoms with Crippen LogP contribution in [-0.2, 0) is 29.7 Å². The van der Waals surface area contributed by atoms with Gasteiger partial charge in [0.2, 0.25) is 15.9 Å². The standard InChI is InChI=1S/C27H44N4O6S/c1-18(2)28-38(34,35)21-10-11-22-23(12-21)31(17-27(22,7)8)24(32)15-29-13-19(3)30(14-20(29)16-36-9)25(33)37-26(4,5)6/h10-12,18-20,28H,13-17H2,1-9H3/t19-,20-/m1/s1. The highest BCUT2D eigenvalue weighted by molar-refractivity contribution is 7.89. The summed E-state index contributed by atoms with van der Waals surface area (Å²) in [6.45, 7) is 16.9. The fourth-order valence-corrected chi connectivity index (χ4v) is 6.40. The van der Waals surface area contributed by atoms with Crippen LogP contribution >= 0.6 is 0 Å². The number of sulfonamides is 1. The van der Waals surface area contributed by atoms with Crippen molar-refractivity contribution < 1.29 is 27.5 Å². The van der Waals surface area contributed by atoms with Crippen molar-refractivity contribution in [3.05, 3.63) is 23.8 Å². The molecule has 0 aromatic heterocycles. The molecule has 0 radical (unpaired) electrons. The van der Waals surface area contributed by atoms with Gasteiger partial charge >= 0.3 is 6.09 Å². The average Bonchev–Trinajstić information content (AvgIpc) is 3.04. The summed E-state index contributed by atoms with van der Waals surface area (Å²) in [5.74, 6) is -0.123. The van der Waals surface area contributed by atoms with Crippen molar-refractivity contribution >= 4 is 27.7 Å². The number of methoxy groups -OCH3 is 1. The quantitative estimate of drug-likeness (QED) is 0.554. The monoisotopic (exact) mass is 552 g/mol. The molecule has 1 N–H and O–H groups in total. The Labute approximate surface area is 227 Å². The SMILES string of the molecule is COC[C@H]1CN(C(=O)OC(C)(C)C)[C@H](C)CN1CC(=O)N1CC(C)(C)c2ccc(S(=O)(=O)NC(C)C)cc21. The Hall–Kier alpha value is -2.21. The van der Waals surface area contributed by atoms with Gasteiger partial charge in [-0.15, -0.1) is 0 Å². The van der Waals surface area contributed by atoms with E-state index in [1.807, 2.05) is 38.7 Å². The predicted octanol–water partition coefficient (Wildman–Crippen LogP) is 2.95. The second-order valence-corrected chi connectivity index (χ2v) is 14.1. The lowest BCUT2D eigenvalue weighted by atomic mass is 9.87. The third-order valence-electron chi connectivity index (χ3n) is 6.82. The summed E-state index contributed by atoms with van der Waals surface area (Å²) in [6.07, 6.45) is -0.379. The number of benzene rings is 1. The lowest BCUT2D eigenvalue weighted by molar-refractivity contribution is -0.121. The number of amides is 2. The molecule has 3 rings (SSSR count). The van der Waals surface area contributed by atoms with E-state index in [1.54, 1.807) is 42.9 Å². The zero-order chi connectivity index (χ0) is 28.6. The number of carbonyl (C=O) groups excluding carboxylic acids is 2. The molecule has 2 aliphatic rings. The fraction of sp³-hybridized carbons (Fsp3) is 0.704. The number of piperazine rings is 1. The molecule has 2 atom stereocenters. The van der Waals surface area contributed by atoms with E-state index < -0.39 is 15.6 Å². The molecular formula is C27H44N4O6S. The molecule has 38 heavy (non-hydrogen) atoms. The van der Waals surface area contributed by atoms with E-state index in [-0.39, 0.29) is 47.0 Å². The smallest absolute Gasteiger partial charge is 0.410 e. The molecular weight excluding hydrogens is 508 g/mol. The van der Waals surface area contributed by atoms with Gasteiger partial charge in [-0.1, -0.05) is 19.9 Å². The molecule has 1 fully saturated rings. The van der Waals surface area contributed by atoms with E-state index in [1.165, 1.54) is 0 Å². The first-order valence-corrected chi connectivity index (χ1v) is 14.6. The fourth-order valence-electron chi connectivity index (χ4n) is 5.13. The van der Waals surface area contributed by atoms with Crippen LogP contribution < -0.4 is 9.62 Å². The number of nitrogens with one attached hydrogen (secondary N) is 1. The topological polar surface area (TPSA) is 108 Å². The van der Waals surface area contributed by atoms with E-state index in [4.69, 9.17) is 9.47 Å². The van der Waals surface area contributed by atoms with Crippen LogP contribution in [0.25, 0.3) is 0 Å². The molecule has 214 valence electrons. The van der Waals surface area contributed by atoms with Crippen molar-refractivity contribution in [1.29, 1.82) is 0 Å². The highest BCUT2D eigenvalue weighted by Crippen LogP contribution is 2.41. The van der Waals surface area contributed by atoms with Gasteiger partial charge in [-0.2, -0.15) is 0 Å². The van der Waals surface area contributed by atoms with Crippen molar-refractivity contribution in [2.45, 2.75) is 89.4 Å². The number of hydrogen-bond donors (Lipinski definition) is 1. The number of rotatable bonds is 7. The molecule has 0 spiro atoms. The minimum atomic E-state index is -3.71. The Kier molecular flexibility index (Phi) is 8.87. The maximum Gasteiger partial charge on any atom is 0.410 e. The lowest BCUT2D eigenvalue weighted by Crippen LogP contribution is -2.62. The molecule has 1 saturated heterocycles. The highest BCUT2D eigenvalue weighted by Gasteiger charge is 2.41. The van der Waals surface area contributed by atoms with Gasteiger partial charge in [-0.25, -0.2) is 17.9 Å². The molecule has 10 nitrogen and oxygen atoms in total. The second kappa shape index (κ2) is 11.1. The van der Waals surface area contributed by atoms with Crippen LogP contribution in [0.4, 0.5) is 10.5 Å². The summed E-state index contributed by atoms with van der Waals surface area (Å²) in [5, 5.41) is 0. The number of fused-ring (bicyclic) bond motifs is 1. The largest absolute Gasteiger partial charge is 0.444 e. The third-order valence-corrected chi connectivity index (χ3v) is 8.48. The first-order valence-electron chi connectivity index (χ1n) is 13.1. The van der Waals surface area contributed by atoms with Gasteiger partial charge in [0.25, 0.3) is 0 Å². The number of carbonyl (C=O) groups is 2. The highest BCUT2D eigenvalue weighted by atomic mass is 32.2. The van der Waals surface area contributed by atoms with Crippen molar-refractivity contribution in [2.75, 3.05) is 44.8 Å². The Balaban J connectivity index is 1.83. The van der Waals surface area contributed by atoms with E-state index in [2.05, 4.69) is 18.6 Å². The zero-order valence-electron chi connectivity index (χ0n) is 24.2. The van der Waals surface area contributed by atoms with Crippen LogP contribution in [0.3, 0.4) is 0 Å². The van der Waals surface area contributed by atoms with Gasteiger partial charge in [0.05, 0.1) is 24.1 Å². The Morgan fingerprint density at radius 3 is 2.42 bits per heavy atom. The molecule has 1 aromatic rings. The third kappa shape index (κ3) is 6.86. The second-order valence-electron chi connectivity index (χ2n) is 12.3. The summed E-state index contributed by atoms with van der Waals surface area (Å²) >= 11 is 0. The Bertz CT molecular complexity index is 1140. The van der Waals surface area contributed by atoms with Crippen LogP contribution in [0, 0.1) is 0 Å². The summed E-state index contributed by atoms with van der Waals surface area (Å²) in [7, 11) is -2.11. The molecule has 0 unspecified atom stereocenters. The first-order chi connectivity index (χ1) is 17.4. The average molecular weight is 553 g/mol. The summed E-state index contributed by atoms with van der Waals surface area (Å²) < 4.78 is 39.3. The van der Waals surface area contributed by atoms with Crippen LogP contribution in [0.1, 0.15) is 61.0 Å². The van der Waals surface area contributed by atoms with Gasteiger partial charge < -0.3 is 19.3 Å². The minimum Gasteiger partial charge on any atom is -0.444 e. The molecule has 2 heterocycles. The van der Waals surface area contributed by atoms with E-state index in [9.17, 15) is 18.0 Å². The van der Waals surface area contributed by atoms with Crippen LogP contribution in [-0.4, -0.2) is 93.8 Å². The number of anilines is 1. The first kappa shape index (κ1) is 30.3. The number of nitrogens with zero attached hydrogens (tertiary/aromatic N) is 3. The van der Waals surface area contributed by atoms with Crippen molar-refractivity contribution in [3.8, 4) is 0 Å². The van der Waals surface area contributed by atoms with Crippen LogP contribution in [0.5, 0.6) is 0 Å². The maximum absolute atomic E-state index is 13.7. The molecule has 0 aliphatic carbocycles. The van der Waals surface area contributed by atoms with E-state index in [0.29, 0.717) is 31.9 Å². The van der Waals surface area contributed by atoms with Gasteiger partial charge in [0.1, 0.15) is 5.60 Å². The van der Waals surface area contributed by atoms with Gasteiger partial charge in [0.15, 0.2) is 0 Å². The van der Waals surface area contributed by atoms with Crippen molar-refractivity contribution in [1.82, 2.24) is 14.5 Å².